The van der Waals surface area contributed by atoms with E-state index in [2.05, 4.69) is 20.4 Å². The Kier molecular flexibility index (Phi) is 9.41. The summed E-state index contributed by atoms with van der Waals surface area (Å²) in [5.74, 6) is -1.02. The topological polar surface area (TPSA) is 123 Å². The summed E-state index contributed by atoms with van der Waals surface area (Å²) in [6, 6.07) is 6.43. The smallest absolute Gasteiger partial charge is 0.307 e. The molecule has 0 aliphatic rings. The zero-order valence-corrected chi connectivity index (χ0v) is 16.3. The Morgan fingerprint density at radius 3 is 2.52 bits per heavy atom. The van der Waals surface area contributed by atoms with Gasteiger partial charge in [-0.1, -0.05) is 0 Å². The van der Waals surface area contributed by atoms with Crippen molar-refractivity contribution in [2.24, 2.45) is 5.73 Å². The van der Waals surface area contributed by atoms with Crippen LogP contribution < -0.4 is 16.4 Å². The molecule has 146 valence electrons. The number of hydrogen-bond acceptors (Lipinski definition) is 7. The van der Waals surface area contributed by atoms with Crippen LogP contribution in [0.15, 0.2) is 29.6 Å². The van der Waals surface area contributed by atoms with Crippen LogP contribution in [0.2, 0.25) is 0 Å². The van der Waals surface area contributed by atoms with Gasteiger partial charge < -0.3 is 21.1 Å². The number of halogens is 1. The molecule has 1 aromatic carbocycles. The SMILES string of the molecule is COC(=O)CCNC(=O)c1ccc(NC(=O)c2csc(CCN)n2)cc1.Cl. The lowest BCUT2D eigenvalue weighted by molar-refractivity contribution is -0.140. The number of hydrogen-bond donors (Lipinski definition) is 3. The van der Waals surface area contributed by atoms with E-state index in [1.165, 1.54) is 18.4 Å². The van der Waals surface area contributed by atoms with Crippen LogP contribution in [0.3, 0.4) is 0 Å². The third-order valence-corrected chi connectivity index (χ3v) is 4.30. The molecule has 8 nitrogen and oxygen atoms in total. The normalized spacial score (nSPS) is 9.85. The van der Waals surface area contributed by atoms with Crippen molar-refractivity contribution in [3.63, 3.8) is 0 Å². The van der Waals surface area contributed by atoms with Gasteiger partial charge in [-0.15, -0.1) is 23.7 Å². The predicted octanol–water partition coefficient (Wildman–Crippen LogP) is 1.61. The minimum atomic E-state index is -0.389. The summed E-state index contributed by atoms with van der Waals surface area (Å²) >= 11 is 1.39. The number of nitrogens with one attached hydrogen (secondary N) is 2. The van der Waals surface area contributed by atoms with Gasteiger partial charge in [0.15, 0.2) is 0 Å². The quantitative estimate of drug-likeness (QED) is 0.566. The van der Waals surface area contributed by atoms with Crippen molar-refractivity contribution in [3.05, 3.63) is 45.9 Å². The number of carbonyl (C=O) groups excluding carboxylic acids is 3. The van der Waals surface area contributed by atoms with Gasteiger partial charge >= 0.3 is 5.97 Å². The fourth-order valence-electron chi connectivity index (χ4n) is 2.04. The molecule has 0 atom stereocenters. The molecule has 0 aliphatic carbocycles. The van der Waals surface area contributed by atoms with E-state index in [-0.39, 0.29) is 43.2 Å². The summed E-state index contributed by atoms with van der Waals surface area (Å²) in [6.07, 6.45) is 0.744. The summed E-state index contributed by atoms with van der Waals surface area (Å²) < 4.78 is 4.50. The van der Waals surface area contributed by atoms with E-state index in [1.807, 2.05) is 0 Å². The average Bonchev–Trinajstić information content (AvgIpc) is 3.11. The predicted molar refractivity (Wildman–Crippen MR) is 105 cm³/mol. The fourth-order valence-corrected chi connectivity index (χ4v) is 2.83. The number of esters is 1. The second-order valence-corrected chi connectivity index (χ2v) is 6.22. The molecule has 27 heavy (non-hydrogen) atoms. The van der Waals surface area contributed by atoms with Gasteiger partial charge in [0.25, 0.3) is 11.8 Å². The Labute approximate surface area is 166 Å². The van der Waals surface area contributed by atoms with E-state index in [0.717, 1.165) is 5.01 Å². The highest BCUT2D eigenvalue weighted by atomic mass is 35.5. The summed E-state index contributed by atoms with van der Waals surface area (Å²) in [7, 11) is 1.29. The van der Waals surface area contributed by atoms with Crippen LogP contribution in [0.5, 0.6) is 0 Å². The van der Waals surface area contributed by atoms with Crippen LogP contribution in [-0.4, -0.2) is 43.0 Å². The van der Waals surface area contributed by atoms with Crippen LogP contribution in [0.4, 0.5) is 5.69 Å². The molecular formula is C17H21ClN4O4S. The number of thiazole rings is 1. The van der Waals surface area contributed by atoms with Crippen molar-refractivity contribution >= 4 is 47.2 Å². The minimum Gasteiger partial charge on any atom is -0.469 e. The monoisotopic (exact) mass is 412 g/mol. The van der Waals surface area contributed by atoms with Gasteiger partial charge in [-0.25, -0.2) is 4.98 Å². The van der Waals surface area contributed by atoms with Gasteiger partial charge in [-0.3, -0.25) is 14.4 Å². The maximum atomic E-state index is 12.2. The Morgan fingerprint density at radius 1 is 1.19 bits per heavy atom. The standard InChI is InChI=1S/C17H20N4O4S.ClH/c1-25-15(22)7-9-19-16(23)11-2-4-12(5-3-11)20-17(24)13-10-26-14(21-13)6-8-18;/h2-5,10H,6-9,18H2,1H3,(H,19,23)(H,20,24);1H. The zero-order valence-electron chi connectivity index (χ0n) is 14.7. The second-order valence-electron chi connectivity index (χ2n) is 5.28. The summed E-state index contributed by atoms with van der Waals surface area (Å²) in [4.78, 5) is 39.4. The Bertz CT molecular complexity index is 779. The number of amides is 2. The minimum absolute atomic E-state index is 0. The van der Waals surface area contributed by atoms with E-state index in [1.54, 1.807) is 29.6 Å². The molecule has 0 radical (unpaired) electrons. The molecule has 2 amide bonds. The van der Waals surface area contributed by atoms with Gasteiger partial charge in [0, 0.05) is 29.6 Å². The van der Waals surface area contributed by atoms with Crippen molar-refractivity contribution in [2.75, 3.05) is 25.5 Å². The molecular weight excluding hydrogens is 392 g/mol. The number of nitrogens with zero attached hydrogens (tertiary/aromatic N) is 1. The molecule has 2 aromatic rings. The summed E-state index contributed by atoms with van der Waals surface area (Å²) in [5, 5.41) is 7.85. The van der Waals surface area contributed by atoms with Crippen LogP contribution in [0.1, 0.15) is 32.3 Å². The van der Waals surface area contributed by atoms with E-state index >= 15 is 0 Å². The Hall–Kier alpha value is -2.49. The lowest BCUT2D eigenvalue weighted by Gasteiger charge is -2.06. The second kappa shape index (κ2) is 11.3. The fraction of sp³-hybridized carbons (Fsp3) is 0.294. The van der Waals surface area contributed by atoms with Gasteiger partial charge in [-0.2, -0.15) is 0 Å². The molecule has 4 N–H and O–H groups in total. The zero-order chi connectivity index (χ0) is 18.9. The molecule has 0 unspecified atom stereocenters. The van der Waals surface area contributed by atoms with Gasteiger partial charge in [0.05, 0.1) is 18.5 Å². The average molecular weight is 413 g/mol. The van der Waals surface area contributed by atoms with E-state index in [0.29, 0.717) is 29.9 Å². The van der Waals surface area contributed by atoms with Gasteiger partial charge in [0.1, 0.15) is 5.69 Å². The molecule has 2 rings (SSSR count). The van der Waals surface area contributed by atoms with E-state index in [9.17, 15) is 14.4 Å². The van der Waals surface area contributed by atoms with Crippen molar-refractivity contribution in [1.82, 2.24) is 10.3 Å². The van der Waals surface area contributed by atoms with Crippen molar-refractivity contribution < 1.29 is 19.1 Å². The number of ether oxygens (including phenoxy) is 1. The number of rotatable bonds is 8. The number of aromatic nitrogens is 1. The van der Waals surface area contributed by atoms with Crippen molar-refractivity contribution in [1.29, 1.82) is 0 Å². The molecule has 0 fully saturated rings. The van der Waals surface area contributed by atoms with E-state index in [4.69, 9.17) is 5.73 Å². The first-order valence-corrected chi connectivity index (χ1v) is 8.82. The van der Waals surface area contributed by atoms with Crippen molar-refractivity contribution in [2.45, 2.75) is 12.8 Å². The number of carbonyl (C=O) groups is 3. The molecule has 10 heteroatoms. The number of nitrogens with two attached hydrogens (primary N) is 1. The third-order valence-electron chi connectivity index (χ3n) is 3.39. The third kappa shape index (κ3) is 6.97. The molecule has 1 heterocycles. The molecule has 0 saturated heterocycles. The van der Waals surface area contributed by atoms with Crippen molar-refractivity contribution in [3.8, 4) is 0 Å². The van der Waals surface area contributed by atoms with Crippen LogP contribution in [-0.2, 0) is 16.0 Å². The first kappa shape index (κ1) is 22.6. The highest BCUT2D eigenvalue weighted by Crippen LogP contribution is 2.14. The highest BCUT2D eigenvalue weighted by Gasteiger charge is 2.12. The molecule has 0 saturated carbocycles. The molecule has 0 bridgehead atoms. The summed E-state index contributed by atoms with van der Waals surface area (Å²) in [6.45, 7) is 0.677. The van der Waals surface area contributed by atoms with Crippen LogP contribution in [0.25, 0.3) is 0 Å². The molecule has 0 spiro atoms. The largest absolute Gasteiger partial charge is 0.469 e. The number of benzene rings is 1. The molecule has 1 aromatic heterocycles. The van der Waals surface area contributed by atoms with Gasteiger partial charge in [0.2, 0.25) is 0 Å². The first-order valence-electron chi connectivity index (χ1n) is 7.94. The first-order chi connectivity index (χ1) is 12.5. The summed E-state index contributed by atoms with van der Waals surface area (Å²) in [5.41, 5.74) is 6.78. The maximum absolute atomic E-state index is 12.2. The lowest BCUT2D eigenvalue weighted by atomic mass is 10.2. The highest BCUT2D eigenvalue weighted by molar-refractivity contribution is 7.09. The van der Waals surface area contributed by atoms with E-state index < -0.39 is 0 Å². The Balaban J connectivity index is 0.00000364. The number of anilines is 1. The van der Waals surface area contributed by atoms with Gasteiger partial charge in [-0.05, 0) is 30.8 Å². The maximum Gasteiger partial charge on any atom is 0.307 e. The molecule has 0 aliphatic heterocycles. The number of methoxy groups -OCH3 is 1. The lowest BCUT2D eigenvalue weighted by Crippen LogP contribution is -2.26. The van der Waals surface area contributed by atoms with Crippen LogP contribution >= 0.6 is 23.7 Å². The Morgan fingerprint density at radius 2 is 1.89 bits per heavy atom. The van der Waals surface area contributed by atoms with Crippen LogP contribution in [0, 0.1) is 0 Å².